The SMILES string of the molecule is Cc1nc(CC2CCCN(C(=O)CC3COCCN3)C2)no1. The predicted molar refractivity (Wildman–Crippen MR) is 79.3 cm³/mol. The molecule has 2 atom stereocenters. The van der Waals surface area contributed by atoms with Crippen LogP contribution in [0.15, 0.2) is 4.52 Å². The fourth-order valence-corrected chi connectivity index (χ4v) is 3.23. The molecule has 0 aromatic carbocycles. The molecule has 0 radical (unpaired) electrons. The quantitative estimate of drug-likeness (QED) is 0.874. The predicted octanol–water partition coefficient (Wildman–Crippen LogP) is 0.538. The van der Waals surface area contributed by atoms with Gasteiger partial charge in [0.15, 0.2) is 5.82 Å². The van der Waals surface area contributed by atoms with Crippen LogP contribution in [0.25, 0.3) is 0 Å². The third-order valence-corrected chi connectivity index (χ3v) is 4.33. The number of carbonyl (C=O) groups is 1. The van der Waals surface area contributed by atoms with E-state index in [1.165, 1.54) is 0 Å². The van der Waals surface area contributed by atoms with Crippen LogP contribution in [-0.4, -0.2) is 59.8 Å². The zero-order chi connectivity index (χ0) is 15.4. The second-order valence-electron chi connectivity index (χ2n) is 6.21. The van der Waals surface area contributed by atoms with Crippen LogP contribution in [0.1, 0.15) is 31.0 Å². The van der Waals surface area contributed by atoms with E-state index in [9.17, 15) is 4.79 Å². The topological polar surface area (TPSA) is 80.5 Å². The lowest BCUT2D eigenvalue weighted by atomic mass is 9.94. The van der Waals surface area contributed by atoms with Crippen molar-refractivity contribution in [2.24, 2.45) is 5.92 Å². The zero-order valence-corrected chi connectivity index (χ0v) is 13.1. The highest BCUT2D eigenvalue weighted by Crippen LogP contribution is 2.21. The Labute approximate surface area is 130 Å². The van der Waals surface area contributed by atoms with Gasteiger partial charge in [-0.3, -0.25) is 4.79 Å². The molecule has 0 saturated carbocycles. The second kappa shape index (κ2) is 7.19. The number of hydrogen-bond donors (Lipinski definition) is 1. The third kappa shape index (κ3) is 4.04. The summed E-state index contributed by atoms with van der Waals surface area (Å²) in [4.78, 5) is 18.7. The first kappa shape index (κ1) is 15.4. The van der Waals surface area contributed by atoms with Crippen LogP contribution in [0.2, 0.25) is 0 Å². The Morgan fingerprint density at radius 2 is 2.41 bits per heavy atom. The highest BCUT2D eigenvalue weighted by atomic mass is 16.5. The Morgan fingerprint density at radius 1 is 1.50 bits per heavy atom. The molecule has 1 N–H and O–H groups in total. The van der Waals surface area contributed by atoms with Crippen molar-refractivity contribution < 1.29 is 14.1 Å². The summed E-state index contributed by atoms with van der Waals surface area (Å²) in [5.74, 6) is 1.99. The normalized spacial score (nSPS) is 26.1. The van der Waals surface area contributed by atoms with Crippen LogP contribution < -0.4 is 5.32 Å². The molecule has 7 heteroatoms. The number of aryl methyl sites for hydroxylation is 1. The molecular formula is C15H24N4O3. The van der Waals surface area contributed by atoms with Gasteiger partial charge in [0, 0.05) is 45.4 Å². The van der Waals surface area contributed by atoms with E-state index in [1.807, 2.05) is 4.90 Å². The van der Waals surface area contributed by atoms with Gasteiger partial charge in [-0.05, 0) is 18.8 Å². The lowest BCUT2D eigenvalue weighted by Crippen LogP contribution is -2.47. The third-order valence-electron chi connectivity index (χ3n) is 4.33. The molecule has 0 spiro atoms. The summed E-state index contributed by atoms with van der Waals surface area (Å²) in [6.07, 6.45) is 3.46. The van der Waals surface area contributed by atoms with Crippen LogP contribution >= 0.6 is 0 Å². The first-order chi connectivity index (χ1) is 10.7. The number of nitrogens with zero attached hydrogens (tertiary/aromatic N) is 3. The van der Waals surface area contributed by atoms with E-state index >= 15 is 0 Å². The first-order valence-corrected chi connectivity index (χ1v) is 8.09. The van der Waals surface area contributed by atoms with Crippen LogP contribution in [0, 0.1) is 12.8 Å². The van der Waals surface area contributed by atoms with E-state index in [0.29, 0.717) is 24.8 Å². The number of rotatable bonds is 4. The van der Waals surface area contributed by atoms with Crippen molar-refractivity contribution >= 4 is 5.91 Å². The summed E-state index contributed by atoms with van der Waals surface area (Å²) in [6, 6.07) is 0.154. The summed E-state index contributed by atoms with van der Waals surface area (Å²) >= 11 is 0. The van der Waals surface area contributed by atoms with Crippen molar-refractivity contribution in [3.63, 3.8) is 0 Å². The molecule has 1 aromatic rings. The molecule has 0 aliphatic carbocycles. The van der Waals surface area contributed by atoms with Gasteiger partial charge in [-0.1, -0.05) is 5.16 Å². The number of hydrogen-bond acceptors (Lipinski definition) is 6. The van der Waals surface area contributed by atoms with Gasteiger partial charge in [0.1, 0.15) is 0 Å². The van der Waals surface area contributed by atoms with Crippen molar-refractivity contribution in [3.8, 4) is 0 Å². The smallest absolute Gasteiger partial charge is 0.224 e. The lowest BCUT2D eigenvalue weighted by Gasteiger charge is -2.34. The van der Waals surface area contributed by atoms with Crippen LogP contribution in [0.5, 0.6) is 0 Å². The van der Waals surface area contributed by atoms with Crippen LogP contribution in [0.3, 0.4) is 0 Å². The number of carbonyl (C=O) groups excluding carboxylic acids is 1. The minimum Gasteiger partial charge on any atom is -0.378 e. The van der Waals surface area contributed by atoms with Crippen LogP contribution in [0.4, 0.5) is 0 Å². The fraction of sp³-hybridized carbons (Fsp3) is 0.800. The molecule has 1 aromatic heterocycles. The number of nitrogens with one attached hydrogen (secondary N) is 1. The number of morpholine rings is 1. The van der Waals surface area contributed by atoms with Gasteiger partial charge in [-0.2, -0.15) is 4.98 Å². The van der Waals surface area contributed by atoms with E-state index in [-0.39, 0.29) is 11.9 Å². The number of ether oxygens (including phenoxy) is 1. The lowest BCUT2D eigenvalue weighted by molar-refractivity contribution is -0.134. The molecule has 122 valence electrons. The maximum atomic E-state index is 12.4. The van der Waals surface area contributed by atoms with Crippen molar-refractivity contribution in [3.05, 3.63) is 11.7 Å². The molecule has 2 aliphatic rings. The molecule has 2 saturated heterocycles. The van der Waals surface area contributed by atoms with Gasteiger partial charge in [-0.25, -0.2) is 0 Å². The number of likely N-dealkylation sites (tertiary alicyclic amines) is 1. The highest BCUT2D eigenvalue weighted by molar-refractivity contribution is 5.77. The van der Waals surface area contributed by atoms with Gasteiger partial charge in [0.25, 0.3) is 0 Å². The monoisotopic (exact) mass is 308 g/mol. The van der Waals surface area contributed by atoms with E-state index in [0.717, 1.165) is 51.3 Å². The Hall–Kier alpha value is -1.47. The summed E-state index contributed by atoms with van der Waals surface area (Å²) in [5.41, 5.74) is 0. The van der Waals surface area contributed by atoms with Crippen molar-refractivity contribution in [2.45, 2.75) is 38.6 Å². The maximum Gasteiger partial charge on any atom is 0.224 e. The summed E-state index contributed by atoms with van der Waals surface area (Å²) in [5, 5.41) is 7.30. The molecule has 2 aliphatic heterocycles. The highest BCUT2D eigenvalue weighted by Gasteiger charge is 2.27. The Balaban J connectivity index is 1.49. The van der Waals surface area contributed by atoms with Crippen molar-refractivity contribution in [1.29, 1.82) is 0 Å². The molecule has 0 bridgehead atoms. The standard InChI is InChI=1S/C15H24N4O3/c1-11-17-14(18-22-11)7-12-3-2-5-19(9-12)15(20)8-13-10-21-6-4-16-13/h12-13,16H,2-10H2,1H3. The van der Waals surface area contributed by atoms with Crippen molar-refractivity contribution in [1.82, 2.24) is 20.4 Å². The largest absolute Gasteiger partial charge is 0.378 e. The molecule has 3 rings (SSSR count). The molecule has 22 heavy (non-hydrogen) atoms. The number of amides is 1. The van der Waals surface area contributed by atoms with Crippen LogP contribution in [-0.2, 0) is 16.0 Å². The van der Waals surface area contributed by atoms with Gasteiger partial charge in [0.2, 0.25) is 11.8 Å². The minimum absolute atomic E-state index is 0.154. The fourth-order valence-electron chi connectivity index (χ4n) is 3.23. The number of aromatic nitrogens is 2. The van der Waals surface area contributed by atoms with E-state index in [2.05, 4.69) is 15.5 Å². The Bertz CT molecular complexity index is 499. The summed E-state index contributed by atoms with van der Waals surface area (Å²) in [6.45, 7) is 5.64. The molecule has 2 fully saturated rings. The average Bonchev–Trinajstić information content (AvgIpc) is 2.93. The van der Waals surface area contributed by atoms with E-state index in [1.54, 1.807) is 6.92 Å². The van der Waals surface area contributed by atoms with Gasteiger partial charge >= 0.3 is 0 Å². The number of piperidine rings is 1. The molecular weight excluding hydrogens is 284 g/mol. The Kier molecular flexibility index (Phi) is 5.04. The molecule has 7 nitrogen and oxygen atoms in total. The molecule has 1 amide bonds. The van der Waals surface area contributed by atoms with Gasteiger partial charge < -0.3 is 19.5 Å². The second-order valence-corrected chi connectivity index (χ2v) is 6.21. The zero-order valence-electron chi connectivity index (χ0n) is 13.1. The maximum absolute atomic E-state index is 12.4. The van der Waals surface area contributed by atoms with Gasteiger partial charge in [-0.15, -0.1) is 0 Å². The molecule has 2 unspecified atom stereocenters. The van der Waals surface area contributed by atoms with E-state index in [4.69, 9.17) is 9.26 Å². The van der Waals surface area contributed by atoms with Crippen molar-refractivity contribution in [2.75, 3.05) is 32.8 Å². The summed E-state index contributed by atoms with van der Waals surface area (Å²) < 4.78 is 10.4. The van der Waals surface area contributed by atoms with E-state index < -0.39 is 0 Å². The van der Waals surface area contributed by atoms with Gasteiger partial charge in [0.05, 0.1) is 13.2 Å². The molecule has 3 heterocycles. The summed E-state index contributed by atoms with van der Waals surface area (Å²) in [7, 11) is 0. The Morgan fingerprint density at radius 3 is 3.14 bits per heavy atom. The average molecular weight is 308 g/mol. The first-order valence-electron chi connectivity index (χ1n) is 8.09. The minimum atomic E-state index is 0.154.